The molecule has 0 fully saturated rings. The van der Waals surface area contributed by atoms with Gasteiger partial charge in [0.2, 0.25) is 0 Å². The number of aromatic hydroxyl groups is 1. The number of phenols is 1. The maximum atomic E-state index is 9.24. The molecule has 0 aliphatic heterocycles. The summed E-state index contributed by atoms with van der Waals surface area (Å²) in [5.41, 5.74) is 2.34. The third-order valence-corrected chi connectivity index (χ3v) is 3.61. The highest BCUT2D eigenvalue weighted by molar-refractivity contribution is 5.63. The number of hydrogen-bond acceptors (Lipinski definition) is 1. The van der Waals surface area contributed by atoms with E-state index in [4.69, 9.17) is 0 Å². The normalized spacial score (nSPS) is 10.6. The zero-order valence-corrected chi connectivity index (χ0v) is 12.3. The summed E-state index contributed by atoms with van der Waals surface area (Å²) in [6.07, 6.45) is 11.8. The minimum atomic E-state index is 0.323. The van der Waals surface area contributed by atoms with E-state index in [1.807, 2.05) is 12.1 Å². The van der Waals surface area contributed by atoms with Crippen LogP contribution in [-0.4, -0.2) is 5.11 Å². The number of benzene rings is 1. The minimum absolute atomic E-state index is 0.323. The maximum Gasteiger partial charge on any atom is 0.115 e. The van der Waals surface area contributed by atoms with Crippen molar-refractivity contribution in [2.75, 3.05) is 0 Å². The van der Waals surface area contributed by atoms with Gasteiger partial charge in [0.05, 0.1) is 0 Å². The average Bonchev–Trinajstić information content (AvgIpc) is 2.42. The van der Waals surface area contributed by atoms with E-state index >= 15 is 0 Å². The van der Waals surface area contributed by atoms with Crippen LogP contribution in [0.2, 0.25) is 0 Å². The van der Waals surface area contributed by atoms with E-state index in [-0.39, 0.29) is 0 Å². The summed E-state index contributed by atoms with van der Waals surface area (Å²) in [6.45, 7) is 6.39. The molecule has 0 aromatic heterocycles. The molecule has 0 unspecified atom stereocenters. The summed E-state index contributed by atoms with van der Waals surface area (Å²) in [6, 6.07) is 7.35. The van der Waals surface area contributed by atoms with Crippen molar-refractivity contribution in [3.05, 3.63) is 36.4 Å². The molecule has 0 amide bonds. The molecule has 0 aliphatic rings. The molecular weight excluding hydrogens is 232 g/mol. The SMILES string of the molecule is C=C(CCCCCCCCCC)c1ccc(O)cc1. The molecule has 0 atom stereocenters. The Hall–Kier alpha value is -1.24. The lowest BCUT2D eigenvalue weighted by molar-refractivity contribution is 0.475. The fourth-order valence-electron chi connectivity index (χ4n) is 2.31. The molecule has 0 saturated carbocycles. The molecule has 19 heavy (non-hydrogen) atoms. The fraction of sp³-hybridized carbons (Fsp3) is 0.556. The maximum absolute atomic E-state index is 9.24. The Labute approximate surface area is 118 Å². The van der Waals surface area contributed by atoms with Crippen LogP contribution < -0.4 is 0 Å². The molecule has 0 spiro atoms. The Morgan fingerprint density at radius 2 is 1.42 bits per heavy atom. The number of phenolic OH excluding ortho intramolecular Hbond substituents is 1. The topological polar surface area (TPSA) is 20.2 Å². The Balaban J connectivity index is 2.06. The number of unbranched alkanes of at least 4 members (excludes halogenated alkanes) is 7. The molecule has 0 bridgehead atoms. The highest BCUT2D eigenvalue weighted by Crippen LogP contribution is 2.21. The van der Waals surface area contributed by atoms with Gasteiger partial charge in [-0.25, -0.2) is 0 Å². The van der Waals surface area contributed by atoms with Crippen LogP contribution in [0.25, 0.3) is 5.57 Å². The first kappa shape index (κ1) is 15.8. The zero-order valence-electron chi connectivity index (χ0n) is 12.3. The number of rotatable bonds is 10. The van der Waals surface area contributed by atoms with Crippen molar-refractivity contribution in [3.63, 3.8) is 0 Å². The minimum Gasteiger partial charge on any atom is -0.508 e. The summed E-state index contributed by atoms with van der Waals surface area (Å²) in [5, 5.41) is 9.24. The monoisotopic (exact) mass is 260 g/mol. The highest BCUT2D eigenvalue weighted by Gasteiger charge is 1.99. The lowest BCUT2D eigenvalue weighted by Gasteiger charge is -2.06. The van der Waals surface area contributed by atoms with Crippen molar-refractivity contribution in [2.24, 2.45) is 0 Å². The third kappa shape index (κ3) is 7.05. The molecule has 1 heteroatoms. The number of allylic oxidation sites excluding steroid dienone is 1. The second-order valence-corrected chi connectivity index (χ2v) is 5.38. The van der Waals surface area contributed by atoms with E-state index in [0.29, 0.717) is 5.75 Å². The van der Waals surface area contributed by atoms with Gasteiger partial charge in [0, 0.05) is 0 Å². The standard InChI is InChI=1S/C18H28O/c1-3-4-5-6-7-8-9-10-11-16(2)17-12-14-18(19)15-13-17/h12-15,19H,2-11H2,1H3. The van der Waals surface area contributed by atoms with E-state index < -0.39 is 0 Å². The lowest BCUT2D eigenvalue weighted by atomic mass is 10.00. The van der Waals surface area contributed by atoms with Crippen LogP contribution in [0.4, 0.5) is 0 Å². The molecule has 0 saturated heterocycles. The van der Waals surface area contributed by atoms with Crippen LogP contribution in [0.15, 0.2) is 30.8 Å². The fourth-order valence-corrected chi connectivity index (χ4v) is 2.31. The van der Waals surface area contributed by atoms with Gasteiger partial charge in [-0.2, -0.15) is 0 Å². The van der Waals surface area contributed by atoms with Gasteiger partial charge in [-0.1, -0.05) is 70.6 Å². The molecule has 1 nitrogen and oxygen atoms in total. The molecule has 1 rings (SSSR count). The van der Waals surface area contributed by atoms with E-state index in [0.717, 1.165) is 12.0 Å². The van der Waals surface area contributed by atoms with Gasteiger partial charge in [0.1, 0.15) is 5.75 Å². The highest BCUT2D eigenvalue weighted by atomic mass is 16.3. The summed E-state index contributed by atoms with van der Waals surface area (Å²) in [4.78, 5) is 0. The molecular formula is C18H28O. The van der Waals surface area contributed by atoms with Crippen LogP contribution in [0.1, 0.15) is 70.3 Å². The van der Waals surface area contributed by atoms with E-state index in [9.17, 15) is 5.11 Å². The molecule has 1 aromatic carbocycles. The molecule has 106 valence electrons. The van der Waals surface area contributed by atoms with Gasteiger partial charge in [-0.05, 0) is 36.1 Å². The van der Waals surface area contributed by atoms with Gasteiger partial charge in [-0.3, -0.25) is 0 Å². The van der Waals surface area contributed by atoms with Crippen LogP contribution in [0.5, 0.6) is 5.75 Å². The van der Waals surface area contributed by atoms with E-state index in [1.54, 1.807) is 12.1 Å². The lowest BCUT2D eigenvalue weighted by Crippen LogP contribution is -1.85. The van der Waals surface area contributed by atoms with Crippen molar-refractivity contribution in [2.45, 2.75) is 64.7 Å². The van der Waals surface area contributed by atoms with Gasteiger partial charge in [0.25, 0.3) is 0 Å². The summed E-state index contributed by atoms with van der Waals surface area (Å²) >= 11 is 0. The molecule has 1 aromatic rings. The van der Waals surface area contributed by atoms with Crippen LogP contribution in [0.3, 0.4) is 0 Å². The first-order valence-electron chi connectivity index (χ1n) is 7.71. The van der Waals surface area contributed by atoms with Gasteiger partial charge in [-0.15, -0.1) is 0 Å². The Morgan fingerprint density at radius 1 is 0.895 bits per heavy atom. The van der Waals surface area contributed by atoms with Crippen molar-refractivity contribution in [3.8, 4) is 5.75 Å². The number of hydrogen-bond donors (Lipinski definition) is 1. The third-order valence-electron chi connectivity index (χ3n) is 3.61. The first-order chi connectivity index (χ1) is 9.24. The van der Waals surface area contributed by atoms with Crippen LogP contribution >= 0.6 is 0 Å². The van der Waals surface area contributed by atoms with Crippen molar-refractivity contribution in [1.29, 1.82) is 0 Å². The molecule has 0 heterocycles. The van der Waals surface area contributed by atoms with Crippen molar-refractivity contribution in [1.82, 2.24) is 0 Å². The second kappa shape index (κ2) is 9.66. The van der Waals surface area contributed by atoms with Gasteiger partial charge < -0.3 is 5.11 Å². The smallest absolute Gasteiger partial charge is 0.115 e. The Bertz CT molecular complexity index is 350. The van der Waals surface area contributed by atoms with E-state index in [2.05, 4.69) is 13.5 Å². The zero-order chi connectivity index (χ0) is 13.9. The van der Waals surface area contributed by atoms with Crippen LogP contribution in [-0.2, 0) is 0 Å². The van der Waals surface area contributed by atoms with Crippen LogP contribution in [0, 0.1) is 0 Å². The molecule has 0 aliphatic carbocycles. The predicted octanol–water partition coefficient (Wildman–Crippen LogP) is 5.94. The molecule has 0 radical (unpaired) electrons. The average molecular weight is 260 g/mol. The van der Waals surface area contributed by atoms with Gasteiger partial charge in [0.15, 0.2) is 0 Å². The largest absolute Gasteiger partial charge is 0.508 e. The van der Waals surface area contributed by atoms with Gasteiger partial charge >= 0.3 is 0 Å². The summed E-state index contributed by atoms with van der Waals surface area (Å²) < 4.78 is 0. The summed E-state index contributed by atoms with van der Waals surface area (Å²) in [5.74, 6) is 0.323. The summed E-state index contributed by atoms with van der Waals surface area (Å²) in [7, 11) is 0. The Kier molecular flexibility index (Phi) is 8.04. The Morgan fingerprint density at radius 3 is 2.00 bits per heavy atom. The molecule has 1 N–H and O–H groups in total. The predicted molar refractivity (Wildman–Crippen MR) is 84.4 cm³/mol. The van der Waals surface area contributed by atoms with Crippen molar-refractivity contribution < 1.29 is 5.11 Å². The first-order valence-corrected chi connectivity index (χ1v) is 7.71. The van der Waals surface area contributed by atoms with Crippen molar-refractivity contribution >= 4 is 5.57 Å². The quantitative estimate of drug-likeness (QED) is 0.516. The van der Waals surface area contributed by atoms with E-state index in [1.165, 1.54) is 56.9 Å². The second-order valence-electron chi connectivity index (χ2n) is 5.38.